The SMILES string of the molecule is O=C1CCC(CC[SH](=O)=O)N1. The van der Waals surface area contributed by atoms with E-state index in [-0.39, 0.29) is 17.7 Å². The van der Waals surface area contributed by atoms with E-state index >= 15 is 0 Å². The first kappa shape index (κ1) is 8.52. The normalized spacial score (nSPS) is 24.1. The number of amides is 1. The minimum absolute atomic E-state index is 0.0381. The van der Waals surface area contributed by atoms with Crippen LogP contribution in [0.3, 0.4) is 0 Å². The fraction of sp³-hybridized carbons (Fsp3) is 0.833. The number of rotatable bonds is 3. The smallest absolute Gasteiger partial charge is 0.220 e. The molecule has 1 amide bonds. The number of thiol groups is 1. The fourth-order valence-electron chi connectivity index (χ4n) is 1.16. The van der Waals surface area contributed by atoms with Crippen molar-refractivity contribution in [2.45, 2.75) is 25.3 Å². The fourth-order valence-corrected chi connectivity index (χ4v) is 1.68. The molecule has 11 heavy (non-hydrogen) atoms. The van der Waals surface area contributed by atoms with Gasteiger partial charge in [0, 0.05) is 18.2 Å². The number of hydrogen-bond acceptors (Lipinski definition) is 3. The highest BCUT2D eigenvalue weighted by molar-refractivity contribution is 7.72. The third-order valence-electron chi connectivity index (χ3n) is 1.75. The van der Waals surface area contributed by atoms with Crippen LogP contribution in [-0.2, 0) is 15.5 Å². The van der Waals surface area contributed by atoms with Gasteiger partial charge in [0.05, 0.1) is 0 Å². The van der Waals surface area contributed by atoms with Gasteiger partial charge < -0.3 is 5.32 Å². The Morgan fingerprint density at radius 2 is 2.27 bits per heavy atom. The van der Waals surface area contributed by atoms with E-state index < -0.39 is 10.7 Å². The molecule has 64 valence electrons. The second kappa shape index (κ2) is 3.71. The van der Waals surface area contributed by atoms with E-state index in [1.165, 1.54) is 0 Å². The minimum atomic E-state index is -2.28. The van der Waals surface area contributed by atoms with Crippen LogP contribution in [0, 0.1) is 0 Å². The molecule has 0 bridgehead atoms. The molecule has 0 spiro atoms. The van der Waals surface area contributed by atoms with E-state index in [0.717, 1.165) is 6.42 Å². The second-order valence-corrected chi connectivity index (χ2v) is 3.76. The molecule has 1 rings (SSSR count). The molecule has 0 aliphatic carbocycles. The van der Waals surface area contributed by atoms with E-state index in [1.54, 1.807) is 0 Å². The van der Waals surface area contributed by atoms with Gasteiger partial charge in [-0.3, -0.25) is 4.79 Å². The van der Waals surface area contributed by atoms with Gasteiger partial charge in [-0.2, -0.15) is 0 Å². The molecule has 1 heterocycles. The Morgan fingerprint density at radius 1 is 1.55 bits per heavy atom. The first-order chi connectivity index (χ1) is 5.18. The van der Waals surface area contributed by atoms with E-state index in [4.69, 9.17) is 0 Å². The minimum Gasteiger partial charge on any atom is -0.353 e. The summed E-state index contributed by atoms with van der Waals surface area (Å²) >= 11 is 0. The summed E-state index contributed by atoms with van der Waals surface area (Å²) in [6.45, 7) is 0. The highest BCUT2D eigenvalue weighted by Gasteiger charge is 2.19. The van der Waals surface area contributed by atoms with Crippen LogP contribution < -0.4 is 5.32 Å². The summed E-state index contributed by atoms with van der Waals surface area (Å²) in [5.74, 6) is 0.219. The van der Waals surface area contributed by atoms with Crippen LogP contribution in [0.5, 0.6) is 0 Å². The standard InChI is InChI=1S/C6H11NO3S/c8-6-2-1-5(7-6)3-4-11(9)10/h5,11H,1-4H2,(H,7,8). The van der Waals surface area contributed by atoms with Gasteiger partial charge in [-0.1, -0.05) is 0 Å². The summed E-state index contributed by atoms with van der Waals surface area (Å²) in [7, 11) is -2.28. The van der Waals surface area contributed by atoms with E-state index in [0.29, 0.717) is 12.8 Å². The molecule has 0 aromatic heterocycles. The highest BCUT2D eigenvalue weighted by atomic mass is 32.2. The number of carbonyl (C=O) groups is 1. The molecule has 1 N–H and O–H groups in total. The zero-order chi connectivity index (χ0) is 8.27. The Balaban J connectivity index is 2.23. The number of carbonyl (C=O) groups excluding carboxylic acids is 1. The summed E-state index contributed by atoms with van der Waals surface area (Å²) in [5, 5.41) is 2.70. The largest absolute Gasteiger partial charge is 0.353 e. The zero-order valence-corrected chi connectivity index (χ0v) is 6.97. The third-order valence-corrected chi connectivity index (χ3v) is 2.37. The van der Waals surface area contributed by atoms with Crippen molar-refractivity contribution in [2.24, 2.45) is 0 Å². The average molecular weight is 177 g/mol. The Hall–Kier alpha value is -0.580. The quantitative estimate of drug-likeness (QED) is 0.558. The zero-order valence-electron chi connectivity index (χ0n) is 6.08. The van der Waals surface area contributed by atoms with E-state index in [1.807, 2.05) is 0 Å². The van der Waals surface area contributed by atoms with Crippen LogP contribution in [0.25, 0.3) is 0 Å². The molecule has 0 saturated carbocycles. The molecule has 1 aliphatic rings. The van der Waals surface area contributed by atoms with Gasteiger partial charge in [-0.05, 0) is 12.8 Å². The van der Waals surface area contributed by atoms with Crippen LogP contribution in [0.2, 0.25) is 0 Å². The Kier molecular flexibility index (Phi) is 2.87. The Labute approximate surface area is 66.9 Å². The molecule has 1 atom stereocenters. The molecular weight excluding hydrogens is 166 g/mol. The van der Waals surface area contributed by atoms with Crippen LogP contribution in [0.15, 0.2) is 0 Å². The summed E-state index contributed by atoms with van der Waals surface area (Å²) < 4.78 is 20.3. The van der Waals surface area contributed by atoms with Crippen LogP contribution >= 0.6 is 0 Å². The summed E-state index contributed by atoms with van der Waals surface area (Å²) in [6.07, 6.45) is 1.88. The highest BCUT2D eigenvalue weighted by Crippen LogP contribution is 2.09. The van der Waals surface area contributed by atoms with Gasteiger partial charge in [0.15, 0.2) is 0 Å². The summed E-state index contributed by atoms with van der Waals surface area (Å²) in [6, 6.07) is 0.0930. The van der Waals surface area contributed by atoms with Crippen molar-refractivity contribution in [3.05, 3.63) is 0 Å². The molecule has 1 saturated heterocycles. The molecule has 0 aromatic carbocycles. The maximum Gasteiger partial charge on any atom is 0.220 e. The Bertz CT molecular complexity index is 216. The van der Waals surface area contributed by atoms with Crippen molar-refractivity contribution in [3.8, 4) is 0 Å². The molecule has 1 fully saturated rings. The lowest BCUT2D eigenvalue weighted by molar-refractivity contribution is -0.119. The van der Waals surface area contributed by atoms with Crippen molar-refractivity contribution < 1.29 is 13.2 Å². The van der Waals surface area contributed by atoms with Gasteiger partial charge in [0.1, 0.15) is 10.7 Å². The average Bonchev–Trinajstić information content (AvgIpc) is 2.31. The van der Waals surface area contributed by atoms with Gasteiger partial charge >= 0.3 is 0 Å². The van der Waals surface area contributed by atoms with Gasteiger partial charge in [-0.15, -0.1) is 0 Å². The predicted octanol–water partition coefficient (Wildman–Crippen LogP) is -0.734. The lowest BCUT2D eigenvalue weighted by Crippen LogP contribution is -2.26. The lowest BCUT2D eigenvalue weighted by atomic mass is 10.2. The molecule has 5 heteroatoms. The number of nitrogens with one attached hydrogen (secondary N) is 1. The van der Waals surface area contributed by atoms with Gasteiger partial charge in [0.25, 0.3) is 0 Å². The summed E-state index contributed by atoms with van der Waals surface area (Å²) in [4.78, 5) is 10.6. The summed E-state index contributed by atoms with van der Waals surface area (Å²) in [5.41, 5.74) is 0. The molecule has 0 radical (unpaired) electrons. The van der Waals surface area contributed by atoms with E-state index in [2.05, 4.69) is 5.32 Å². The molecule has 1 aliphatic heterocycles. The molecule has 4 nitrogen and oxygen atoms in total. The van der Waals surface area contributed by atoms with Crippen molar-refractivity contribution in [1.29, 1.82) is 0 Å². The van der Waals surface area contributed by atoms with Gasteiger partial charge in [-0.25, -0.2) is 8.42 Å². The number of hydrogen-bond donors (Lipinski definition) is 2. The molecule has 1 unspecified atom stereocenters. The maximum atomic E-state index is 10.6. The van der Waals surface area contributed by atoms with E-state index in [9.17, 15) is 13.2 Å². The lowest BCUT2D eigenvalue weighted by Gasteiger charge is -2.05. The van der Waals surface area contributed by atoms with Crippen LogP contribution in [0.1, 0.15) is 19.3 Å². The third kappa shape index (κ3) is 2.88. The maximum absolute atomic E-state index is 10.6. The van der Waals surface area contributed by atoms with Crippen molar-refractivity contribution in [3.63, 3.8) is 0 Å². The Morgan fingerprint density at radius 3 is 2.73 bits per heavy atom. The molecule has 0 aromatic rings. The first-order valence-corrected chi connectivity index (χ1v) is 4.96. The predicted molar refractivity (Wildman–Crippen MR) is 41.0 cm³/mol. The second-order valence-electron chi connectivity index (χ2n) is 2.65. The van der Waals surface area contributed by atoms with Crippen molar-refractivity contribution in [2.75, 3.05) is 5.75 Å². The monoisotopic (exact) mass is 177 g/mol. The van der Waals surface area contributed by atoms with Crippen LogP contribution in [-0.4, -0.2) is 26.1 Å². The molecular formula is C6H11NO3S. The van der Waals surface area contributed by atoms with Crippen LogP contribution in [0.4, 0.5) is 0 Å². The van der Waals surface area contributed by atoms with Gasteiger partial charge in [0.2, 0.25) is 5.91 Å². The van der Waals surface area contributed by atoms with Crippen molar-refractivity contribution >= 4 is 16.6 Å². The topological polar surface area (TPSA) is 63.2 Å². The first-order valence-electron chi connectivity index (χ1n) is 3.59. The van der Waals surface area contributed by atoms with Crippen molar-refractivity contribution in [1.82, 2.24) is 5.32 Å².